The van der Waals surface area contributed by atoms with E-state index in [0.717, 1.165) is 0 Å². The number of nitro benzene ring substituents is 1. The van der Waals surface area contributed by atoms with Crippen LogP contribution >= 0.6 is 0 Å². The summed E-state index contributed by atoms with van der Waals surface area (Å²) >= 11 is 0. The molecule has 2 aromatic carbocycles. The molecule has 0 spiro atoms. The molecule has 0 aliphatic rings. The van der Waals surface area contributed by atoms with E-state index in [-0.39, 0.29) is 23.7 Å². The summed E-state index contributed by atoms with van der Waals surface area (Å²) in [5.41, 5.74) is 0.643. The van der Waals surface area contributed by atoms with E-state index in [0.29, 0.717) is 11.3 Å². The van der Waals surface area contributed by atoms with Crippen LogP contribution in [0.5, 0.6) is 5.75 Å². The van der Waals surface area contributed by atoms with Crippen LogP contribution in [0.3, 0.4) is 0 Å². The number of hydrogen-bond acceptors (Lipinski definition) is 4. The van der Waals surface area contributed by atoms with Gasteiger partial charge in [0.1, 0.15) is 17.3 Å². The average Bonchev–Trinajstić information content (AvgIpc) is 2.46. The summed E-state index contributed by atoms with van der Waals surface area (Å²) in [7, 11) is 1.47. The molecule has 6 heteroatoms. The van der Waals surface area contributed by atoms with Crippen LogP contribution in [0, 0.1) is 15.9 Å². The first-order valence-electron chi connectivity index (χ1n) is 5.91. The van der Waals surface area contributed by atoms with Crippen molar-refractivity contribution in [3.63, 3.8) is 0 Å². The maximum atomic E-state index is 13.5. The minimum Gasteiger partial charge on any atom is -0.497 e. The third-order valence-electron chi connectivity index (χ3n) is 2.83. The van der Waals surface area contributed by atoms with E-state index in [1.807, 2.05) is 0 Å². The molecule has 0 heterocycles. The second kappa shape index (κ2) is 6.01. The van der Waals surface area contributed by atoms with E-state index in [1.54, 1.807) is 18.2 Å². The lowest BCUT2D eigenvalue weighted by molar-refractivity contribution is -0.384. The van der Waals surface area contributed by atoms with Gasteiger partial charge in [-0.2, -0.15) is 0 Å². The highest BCUT2D eigenvalue weighted by Gasteiger charge is 2.14. The average molecular weight is 276 g/mol. The Bertz CT molecular complexity index is 632. The number of hydrogen-bond donors (Lipinski definition) is 1. The van der Waals surface area contributed by atoms with E-state index >= 15 is 0 Å². The fourth-order valence-corrected chi connectivity index (χ4v) is 1.78. The van der Waals surface area contributed by atoms with Crippen molar-refractivity contribution in [3.05, 3.63) is 64.0 Å². The largest absolute Gasteiger partial charge is 0.497 e. The molecule has 0 radical (unpaired) electrons. The maximum absolute atomic E-state index is 13.5. The van der Waals surface area contributed by atoms with Crippen molar-refractivity contribution in [2.45, 2.75) is 6.54 Å². The number of nitrogens with zero attached hydrogens (tertiary/aromatic N) is 1. The summed E-state index contributed by atoms with van der Waals surface area (Å²) in [4.78, 5) is 10.5. The van der Waals surface area contributed by atoms with Gasteiger partial charge < -0.3 is 10.1 Å². The SMILES string of the molecule is COc1ccc([N+](=O)[O-])c(NCc2ccccc2F)c1. The summed E-state index contributed by atoms with van der Waals surface area (Å²) in [5, 5.41) is 13.8. The summed E-state index contributed by atoms with van der Waals surface area (Å²) in [6.07, 6.45) is 0. The fraction of sp³-hybridized carbons (Fsp3) is 0.143. The van der Waals surface area contributed by atoms with Crippen molar-refractivity contribution in [1.82, 2.24) is 0 Å². The topological polar surface area (TPSA) is 64.4 Å². The zero-order valence-corrected chi connectivity index (χ0v) is 10.8. The minimum absolute atomic E-state index is 0.0814. The Labute approximate surface area is 115 Å². The molecule has 0 atom stereocenters. The molecule has 0 aliphatic carbocycles. The normalized spacial score (nSPS) is 10.1. The first kappa shape index (κ1) is 13.8. The van der Waals surface area contributed by atoms with Crippen molar-refractivity contribution >= 4 is 11.4 Å². The second-order valence-corrected chi connectivity index (χ2v) is 4.09. The number of nitro groups is 1. The van der Waals surface area contributed by atoms with Gasteiger partial charge in [0.15, 0.2) is 0 Å². The quantitative estimate of drug-likeness (QED) is 0.671. The molecule has 0 saturated carbocycles. The minimum atomic E-state index is -0.497. The molecule has 2 rings (SSSR count). The van der Waals surface area contributed by atoms with E-state index in [2.05, 4.69) is 5.32 Å². The molecular formula is C14H13FN2O3. The maximum Gasteiger partial charge on any atom is 0.292 e. The van der Waals surface area contributed by atoms with Crippen molar-refractivity contribution in [2.24, 2.45) is 0 Å². The van der Waals surface area contributed by atoms with Crippen LogP contribution in [0.15, 0.2) is 42.5 Å². The van der Waals surface area contributed by atoms with Crippen molar-refractivity contribution in [1.29, 1.82) is 0 Å². The van der Waals surface area contributed by atoms with Gasteiger partial charge in [-0.25, -0.2) is 4.39 Å². The summed E-state index contributed by atoms with van der Waals surface area (Å²) in [6, 6.07) is 10.6. The number of benzene rings is 2. The lowest BCUT2D eigenvalue weighted by Crippen LogP contribution is -2.04. The Balaban J connectivity index is 2.24. The summed E-state index contributed by atoms with van der Waals surface area (Å²) in [6.45, 7) is 0.153. The van der Waals surface area contributed by atoms with Gasteiger partial charge >= 0.3 is 0 Å². The molecule has 104 valence electrons. The van der Waals surface area contributed by atoms with E-state index < -0.39 is 4.92 Å². The molecule has 0 fully saturated rings. The van der Waals surface area contributed by atoms with Crippen LogP contribution in [0.25, 0.3) is 0 Å². The molecule has 0 aromatic heterocycles. The highest BCUT2D eigenvalue weighted by atomic mass is 19.1. The number of rotatable bonds is 5. The first-order chi connectivity index (χ1) is 9.61. The van der Waals surface area contributed by atoms with Crippen LogP contribution in [0.4, 0.5) is 15.8 Å². The zero-order chi connectivity index (χ0) is 14.5. The lowest BCUT2D eigenvalue weighted by Gasteiger charge is -2.09. The highest BCUT2D eigenvalue weighted by Crippen LogP contribution is 2.29. The molecule has 0 aliphatic heterocycles. The van der Waals surface area contributed by atoms with Gasteiger partial charge in [0.05, 0.1) is 12.0 Å². The van der Waals surface area contributed by atoms with Gasteiger partial charge in [0, 0.05) is 24.2 Å². The van der Waals surface area contributed by atoms with Crippen molar-refractivity contribution in [2.75, 3.05) is 12.4 Å². The first-order valence-corrected chi connectivity index (χ1v) is 5.91. The Morgan fingerprint density at radius 2 is 2.05 bits per heavy atom. The summed E-state index contributed by atoms with van der Waals surface area (Å²) < 4.78 is 18.5. The molecule has 20 heavy (non-hydrogen) atoms. The predicted octanol–water partition coefficient (Wildman–Crippen LogP) is 3.35. The molecule has 0 amide bonds. The summed E-state index contributed by atoms with van der Waals surface area (Å²) in [5.74, 6) is 0.136. The van der Waals surface area contributed by atoms with Crippen LogP contribution in [-0.4, -0.2) is 12.0 Å². The molecule has 2 aromatic rings. The van der Waals surface area contributed by atoms with Crippen LogP contribution in [0.2, 0.25) is 0 Å². The molecule has 5 nitrogen and oxygen atoms in total. The third kappa shape index (κ3) is 3.03. The van der Waals surface area contributed by atoms with Gasteiger partial charge in [0.2, 0.25) is 0 Å². The van der Waals surface area contributed by atoms with Gasteiger partial charge in [-0.1, -0.05) is 18.2 Å². The standard InChI is InChI=1S/C14H13FN2O3/c1-20-11-6-7-14(17(18)19)13(8-11)16-9-10-4-2-3-5-12(10)15/h2-8,16H,9H2,1H3. The number of halogens is 1. The Morgan fingerprint density at radius 1 is 1.30 bits per heavy atom. The van der Waals surface area contributed by atoms with Crippen LogP contribution in [0.1, 0.15) is 5.56 Å². The predicted molar refractivity (Wildman–Crippen MR) is 73.4 cm³/mol. The Kier molecular flexibility index (Phi) is 4.14. The molecular weight excluding hydrogens is 263 g/mol. The van der Waals surface area contributed by atoms with Gasteiger partial charge in [0.25, 0.3) is 5.69 Å². The van der Waals surface area contributed by atoms with Crippen molar-refractivity contribution < 1.29 is 14.1 Å². The number of ether oxygens (including phenoxy) is 1. The van der Waals surface area contributed by atoms with Crippen LogP contribution < -0.4 is 10.1 Å². The Hall–Kier alpha value is -2.63. The Morgan fingerprint density at radius 3 is 2.70 bits per heavy atom. The third-order valence-corrected chi connectivity index (χ3v) is 2.83. The second-order valence-electron chi connectivity index (χ2n) is 4.09. The lowest BCUT2D eigenvalue weighted by atomic mass is 10.2. The molecule has 0 saturated heterocycles. The van der Waals surface area contributed by atoms with Gasteiger partial charge in [-0.15, -0.1) is 0 Å². The molecule has 0 unspecified atom stereocenters. The van der Waals surface area contributed by atoms with Crippen molar-refractivity contribution in [3.8, 4) is 5.75 Å². The fourth-order valence-electron chi connectivity index (χ4n) is 1.78. The smallest absolute Gasteiger partial charge is 0.292 e. The van der Waals surface area contributed by atoms with Gasteiger partial charge in [-0.3, -0.25) is 10.1 Å². The molecule has 0 bridgehead atoms. The van der Waals surface area contributed by atoms with Gasteiger partial charge in [-0.05, 0) is 12.1 Å². The number of methoxy groups -OCH3 is 1. The van der Waals surface area contributed by atoms with E-state index in [9.17, 15) is 14.5 Å². The zero-order valence-electron chi connectivity index (χ0n) is 10.8. The number of anilines is 1. The van der Waals surface area contributed by atoms with E-state index in [1.165, 1.54) is 31.4 Å². The van der Waals surface area contributed by atoms with E-state index in [4.69, 9.17) is 4.74 Å². The highest BCUT2D eigenvalue weighted by molar-refractivity contribution is 5.64. The van der Waals surface area contributed by atoms with Crippen LogP contribution in [-0.2, 0) is 6.54 Å². The number of nitrogens with one attached hydrogen (secondary N) is 1. The monoisotopic (exact) mass is 276 g/mol. The molecule has 1 N–H and O–H groups in total.